The zero-order valence-corrected chi connectivity index (χ0v) is 16.7. The van der Waals surface area contributed by atoms with Crippen LogP contribution in [0.2, 0.25) is 0 Å². The number of allylic oxidation sites excluding steroid dienone is 1. The number of nitrogens with zero attached hydrogens (tertiary/aromatic N) is 1. The van der Waals surface area contributed by atoms with Crippen molar-refractivity contribution >= 4 is 11.9 Å². The number of carbonyl (C=O) groups excluding carboxylic acids is 1. The molecule has 154 valence electrons. The second-order valence-electron chi connectivity index (χ2n) is 8.28. The third-order valence-corrected chi connectivity index (χ3v) is 6.43. The van der Waals surface area contributed by atoms with Crippen LogP contribution in [0.15, 0.2) is 36.1 Å². The molecular formula is C24H23NO5. The predicted octanol–water partition coefficient (Wildman–Crippen LogP) is 4.52. The van der Waals surface area contributed by atoms with Gasteiger partial charge in [0.25, 0.3) is 0 Å². The highest BCUT2D eigenvalue weighted by atomic mass is 16.7. The fourth-order valence-electron chi connectivity index (χ4n) is 4.81. The van der Waals surface area contributed by atoms with Crippen LogP contribution in [-0.2, 0) is 6.54 Å². The molecule has 1 saturated carbocycles. The van der Waals surface area contributed by atoms with Gasteiger partial charge in [-0.3, -0.25) is 9.69 Å². The molecule has 0 radical (unpaired) electrons. The standard InChI is InChI=1S/C24H23NO5/c26-23-17-7-9-19-18(12-25(13-27-19)16-4-2-1-3-5-16)24(17)30-22(23)11-15-6-8-20-21(10-15)29-14-28-20/h6-11,16H,1-5,12-14H2/b22-11+. The van der Waals surface area contributed by atoms with Crippen molar-refractivity contribution in [1.82, 2.24) is 4.90 Å². The van der Waals surface area contributed by atoms with Crippen LogP contribution >= 0.6 is 0 Å². The summed E-state index contributed by atoms with van der Waals surface area (Å²) >= 11 is 0. The normalized spacial score (nSPS) is 21.9. The van der Waals surface area contributed by atoms with Gasteiger partial charge >= 0.3 is 0 Å². The zero-order valence-electron chi connectivity index (χ0n) is 16.7. The number of ether oxygens (including phenoxy) is 4. The molecule has 3 heterocycles. The fourth-order valence-corrected chi connectivity index (χ4v) is 4.81. The van der Waals surface area contributed by atoms with Crippen LogP contribution in [0.25, 0.3) is 6.08 Å². The molecule has 0 saturated heterocycles. The number of hydrogen-bond donors (Lipinski definition) is 0. The number of fused-ring (bicyclic) bond motifs is 4. The van der Waals surface area contributed by atoms with Crippen molar-refractivity contribution in [1.29, 1.82) is 0 Å². The third-order valence-electron chi connectivity index (χ3n) is 6.43. The van der Waals surface area contributed by atoms with Gasteiger partial charge in [0.15, 0.2) is 17.3 Å². The summed E-state index contributed by atoms with van der Waals surface area (Å²) in [5, 5.41) is 0. The Kier molecular flexibility index (Phi) is 4.20. The van der Waals surface area contributed by atoms with E-state index in [1.54, 1.807) is 6.08 Å². The molecule has 6 nitrogen and oxygen atoms in total. The molecule has 0 N–H and O–H groups in total. The summed E-state index contributed by atoms with van der Waals surface area (Å²) < 4.78 is 22.9. The molecule has 6 rings (SSSR count). The lowest BCUT2D eigenvalue weighted by Crippen LogP contribution is -2.41. The van der Waals surface area contributed by atoms with E-state index in [1.807, 2.05) is 30.3 Å². The summed E-state index contributed by atoms with van der Waals surface area (Å²) in [6.07, 6.45) is 8.06. The van der Waals surface area contributed by atoms with Gasteiger partial charge in [0, 0.05) is 12.6 Å². The summed E-state index contributed by atoms with van der Waals surface area (Å²) in [6, 6.07) is 9.86. The highest BCUT2D eigenvalue weighted by Gasteiger charge is 2.35. The highest BCUT2D eigenvalue weighted by Crippen LogP contribution is 2.43. The Morgan fingerprint density at radius 2 is 1.77 bits per heavy atom. The van der Waals surface area contributed by atoms with Gasteiger partial charge in [-0.15, -0.1) is 0 Å². The lowest BCUT2D eigenvalue weighted by atomic mass is 9.93. The number of ketones is 1. The maximum Gasteiger partial charge on any atom is 0.231 e. The summed E-state index contributed by atoms with van der Waals surface area (Å²) in [4.78, 5) is 15.4. The van der Waals surface area contributed by atoms with Crippen molar-refractivity contribution in [2.45, 2.75) is 44.7 Å². The predicted molar refractivity (Wildman–Crippen MR) is 110 cm³/mol. The first-order valence-electron chi connectivity index (χ1n) is 10.6. The van der Waals surface area contributed by atoms with E-state index in [4.69, 9.17) is 18.9 Å². The van der Waals surface area contributed by atoms with Gasteiger partial charge in [-0.05, 0) is 48.7 Å². The minimum atomic E-state index is -0.0970. The average Bonchev–Trinajstić information content (AvgIpc) is 3.38. The molecule has 6 heteroatoms. The summed E-state index contributed by atoms with van der Waals surface area (Å²) in [7, 11) is 0. The van der Waals surface area contributed by atoms with Crippen molar-refractivity contribution in [3.05, 3.63) is 52.8 Å². The molecule has 2 aromatic carbocycles. The molecular weight excluding hydrogens is 382 g/mol. The van der Waals surface area contributed by atoms with E-state index < -0.39 is 0 Å². The Labute approximate surface area is 175 Å². The summed E-state index contributed by atoms with van der Waals surface area (Å²) in [5.74, 6) is 3.09. The van der Waals surface area contributed by atoms with Gasteiger partial charge in [-0.1, -0.05) is 25.3 Å². The van der Waals surface area contributed by atoms with Gasteiger partial charge in [0.1, 0.15) is 18.2 Å². The largest absolute Gasteiger partial charge is 0.478 e. The van der Waals surface area contributed by atoms with Crippen LogP contribution in [0.5, 0.6) is 23.0 Å². The lowest BCUT2D eigenvalue weighted by Gasteiger charge is -2.37. The molecule has 0 amide bonds. The smallest absolute Gasteiger partial charge is 0.231 e. The van der Waals surface area contributed by atoms with Gasteiger partial charge < -0.3 is 18.9 Å². The molecule has 1 aliphatic carbocycles. The van der Waals surface area contributed by atoms with Crippen molar-refractivity contribution < 1.29 is 23.7 Å². The molecule has 0 atom stereocenters. The van der Waals surface area contributed by atoms with Gasteiger partial charge in [-0.2, -0.15) is 0 Å². The van der Waals surface area contributed by atoms with E-state index in [0.29, 0.717) is 41.3 Å². The molecule has 3 aliphatic heterocycles. The highest BCUT2D eigenvalue weighted by molar-refractivity contribution is 6.15. The summed E-state index contributed by atoms with van der Waals surface area (Å²) in [6.45, 7) is 1.58. The third kappa shape index (κ3) is 2.94. The van der Waals surface area contributed by atoms with Crippen molar-refractivity contribution in [2.24, 2.45) is 0 Å². The Balaban J connectivity index is 1.30. The molecule has 30 heavy (non-hydrogen) atoms. The molecule has 0 unspecified atom stereocenters. The van der Waals surface area contributed by atoms with Crippen LogP contribution in [0.1, 0.15) is 53.6 Å². The van der Waals surface area contributed by atoms with Crippen LogP contribution in [0.4, 0.5) is 0 Å². The number of rotatable bonds is 2. The average molecular weight is 405 g/mol. The number of Topliss-reactive ketones (excluding diaryl/α,β-unsaturated/α-hetero) is 1. The summed E-state index contributed by atoms with van der Waals surface area (Å²) in [5.41, 5.74) is 2.42. The van der Waals surface area contributed by atoms with Gasteiger partial charge in [0.2, 0.25) is 12.6 Å². The number of carbonyl (C=O) groups is 1. The monoisotopic (exact) mass is 405 g/mol. The van der Waals surface area contributed by atoms with E-state index >= 15 is 0 Å². The van der Waals surface area contributed by atoms with Crippen molar-refractivity contribution in [3.63, 3.8) is 0 Å². The minimum Gasteiger partial charge on any atom is -0.478 e. The Morgan fingerprint density at radius 1 is 0.933 bits per heavy atom. The Morgan fingerprint density at radius 3 is 2.67 bits per heavy atom. The molecule has 0 spiro atoms. The first kappa shape index (κ1) is 17.8. The fraction of sp³-hybridized carbons (Fsp3) is 0.375. The number of benzene rings is 2. The van der Waals surface area contributed by atoms with E-state index in [9.17, 15) is 4.79 Å². The van der Waals surface area contributed by atoms with Crippen LogP contribution in [0.3, 0.4) is 0 Å². The quantitative estimate of drug-likeness (QED) is 0.685. The maximum absolute atomic E-state index is 13.0. The van der Waals surface area contributed by atoms with E-state index in [2.05, 4.69) is 4.90 Å². The molecule has 4 aliphatic rings. The second kappa shape index (κ2) is 7.06. The Bertz CT molecular complexity index is 1050. The Hall–Kier alpha value is -2.99. The molecule has 0 aromatic heterocycles. The van der Waals surface area contributed by atoms with Crippen molar-refractivity contribution in [2.75, 3.05) is 13.5 Å². The SMILES string of the molecule is O=C1/C(=C\c2ccc3c(c2)OCO3)Oc2c1ccc1c2CN(C2CCCCC2)CO1. The maximum atomic E-state index is 13.0. The van der Waals surface area contributed by atoms with E-state index in [0.717, 1.165) is 23.4 Å². The van der Waals surface area contributed by atoms with E-state index in [-0.39, 0.29) is 12.6 Å². The number of hydrogen-bond acceptors (Lipinski definition) is 6. The van der Waals surface area contributed by atoms with Crippen LogP contribution in [0, 0.1) is 0 Å². The van der Waals surface area contributed by atoms with Gasteiger partial charge in [0.05, 0.1) is 11.1 Å². The zero-order chi connectivity index (χ0) is 20.1. The van der Waals surface area contributed by atoms with Gasteiger partial charge in [-0.25, -0.2) is 0 Å². The first-order chi connectivity index (χ1) is 14.8. The molecule has 0 bridgehead atoms. The van der Waals surface area contributed by atoms with Crippen LogP contribution in [-0.4, -0.2) is 30.2 Å². The van der Waals surface area contributed by atoms with E-state index in [1.165, 1.54) is 32.1 Å². The minimum absolute atomic E-state index is 0.0970. The first-order valence-corrected chi connectivity index (χ1v) is 10.6. The topological polar surface area (TPSA) is 57.2 Å². The van der Waals surface area contributed by atoms with Crippen LogP contribution < -0.4 is 18.9 Å². The second-order valence-corrected chi connectivity index (χ2v) is 8.28. The molecule has 2 aromatic rings. The molecule has 1 fully saturated rings. The lowest BCUT2D eigenvalue weighted by molar-refractivity contribution is 0.0394. The van der Waals surface area contributed by atoms with Crippen molar-refractivity contribution in [3.8, 4) is 23.0 Å².